The molecule has 0 atom stereocenters. The highest BCUT2D eigenvalue weighted by Crippen LogP contribution is 2.35. The third kappa shape index (κ3) is 4.00. The van der Waals surface area contributed by atoms with E-state index in [0.717, 1.165) is 31.1 Å². The third-order valence-electron chi connectivity index (χ3n) is 5.60. The maximum absolute atomic E-state index is 14.4. The molecule has 0 aliphatic rings. The molecule has 1 amide bonds. The number of nitrogens with zero attached hydrogens (tertiary/aromatic N) is 4. The first kappa shape index (κ1) is 25.3. The van der Waals surface area contributed by atoms with Crippen LogP contribution < -0.4 is 16.1 Å². The van der Waals surface area contributed by atoms with Gasteiger partial charge in [0, 0.05) is 37.6 Å². The number of alkyl halides is 3. The molecule has 3 aromatic heterocycles. The van der Waals surface area contributed by atoms with Gasteiger partial charge in [0.25, 0.3) is 11.5 Å². The van der Waals surface area contributed by atoms with E-state index < -0.39 is 46.1 Å². The minimum Gasteiger partial charge on any atom is -0.444 e. The highest BCUT2D eigenvalue weighted by atomic mass is 32.1. The molecule has 0 unspecified atom stereocenters. The topological polar surface area (TPSA) is 91.5 Å². The Kier molecular flexibility index (Phi) is 6.11. The molecular weight excluding hydrogens is 511 g/mol. The number of hydrogen-bond acceptors (Lipinski definition) is 5. The molecule has 0 bridgehead atoms. The molecule has 189 valence electrons. The van der Waals surface area contributed by atoms with Crippen molar-refractivity contribution in [3.8, 4) is 11.3 Å². The van der Waals surface area contributed by atoms with Gasteiger partial charge in [-0.15, -0.1) is 11.3 Å². The molecule has 0 saturated heterocycles. The SMILES string of the molecule is [CH2]n1c(-c2ccc(C(F)(F)F)c(F)c2F)csc1=NC(=O)Cc1c(C)oc2c1c(=O)n(C)c(=O)n2C. The van der Waals surface area contributed by atoms with Crippen molar-refractivity contribution in [3.63, 3.8) is 0 Å². The van der Waals surface area contributed by atoms with Gasteiger partial charge < -0.3 is 8.98 Å². The van der Waals surface area contributed by atoms with Crippen molar-refractivity contribution < 1.29 is 31.2 Å². The Morgan fingerprint density at radius 2 is 1.81 bits per heavy atom. The van der Waals surface area contributed by atoms with Crippen LogP contribution in [-0.2, 0) is 31.5 Å². The summed E-state index contributed by atoms with van der Waals surface area (Å²) in [4.78, 5) is 41.3. The number of furan rings is 1. The number of aryl methyl sites for hydroxylation is 2. The first-order valence-corrected chi connectivity index (χ1v) is 10.9. The van der Waals surface area contributed by atoms with Crippen molar-refractivity contribution in [1.29, 1.82) is 0 Å². The van der Waals surface area contributed by atoms with Gasteiger partial charge in [-0.1, -0.05) is 0 Å². The van der Waals surface area contributed by atoms with Crippen LogP contribution in [0.15, 0.2) is 36.5 Å². The maximum Gasteiger partial charge on any atom is 0.419 e. The number of halogens is 5. The van der Waals surface area contributed by atoms with E-state index in [9.17, 15) is 36.3 Å². The van der Waals surface area contributed by atoms with Gasteiger partial charge in [0.2, 0.25) is 5.71 Å². The van der Waals surface area contributed by atoms with Gasteiger partial charge in [-0.25, -0.2) is 13.6 Å². The van der Waals surface area contributed by atoms with Crippen molar-refractivity contribution >= 4 is 28.3 Å². The zero-order chi connectivity index (χ0) is 26.7. The summed E-state index contributed by atoms with van der Waals surface area (Å²) in [6, 6.07) is 1.17. The van der Waals surface area contributed by atoms with Gasteiger partial charge in [-0.2, -0.15) is 18.2 Å². The lowest BCUT2D eigenvalue weighted by atomic mass is 10.1. The largest absolute Gasteiger partial charge is 0.444 e. The van der Waals surface area contributed by atoms with E-state index in [4.69, 9.17) is 4.42 Å². The minimum atomic E-state index is -5.08. The van der Waals surface area contributed by atoms with Crippen LogP contribution in [0.5, 0.6) is 0 Å². The zero-order valence-electron chi connectivity index (χ0n) is 18.9. The molecular formula is C22H16F5N4O4S. The molecule has 36 heavy (non-hydrogen) atoms. The number of carbonyl (C=O) groups excluding carboxylic acids is 1. The molecule has 8 nitrogen and oxygen atoms in total. The van der Waals surface area contributed by atoms with Crippen LogP contribution in [0.25, 0.3) is 22.4 Å². The summed E-state index contributed by atoms with van der Waals surface area (Å²) >= 11 is 0.821. The zero-order valence-corrected chi connectivity index (χ0v) is 19.7. The quantitative estimate of drug-likeness (QED) is 0.383. The number of hydrogen-bond donors (Lipinski definition) is 0. The maximum atomic E-state index is 14.4. The van der Waals surface area contributed by atoms with Crippen molar-refractivity contribution in [2.24, 2.45) is 19.1 Å². The second-order valence-electron chi connectivity index (χ2n) is 7.82. The Balaban J connectivity index is 1.74. The van der Waals surface area contributed by atoms with Crippen LogP contribution in [0.3, 0.4) is 0 Å². The third-order valence-corrected chi connectivity index (χ3v) is 6.46. The van der Waals surface area contributed by atoms with E-state index >= 15 is 0 Å². The standard InChI is InChI=1S/C22H16F5N4O4S/c1-9-11(15-18(33)30(3)21(34)31(4)19(15)35-9)7-14(32)28-20-29(2)13(8-36-20)10-5-6-12(22(25,26)27)17(24)16(10)23/h5-6,8H,2,7H2,1,3-4H3. The number of carbonyl (C=O) groups is 1. The van der Waals surface area contributed by atoms with E-state index in [2.05, 4.69) is 12.0 Å². The molecule has 1 radical (unpaired) electrons. The predicted octanol–water partition coefficient (Wildman–Crippen LogP) is 3.28. The Hall–Kier alpha value is -3.81. The summed E-state index contributed by atoms with van der Waals surface area (Å²) in [6.07, 6.45) is -5.46. The van der Waals surface area contributed by atoms with E-state index in [1.807, 2.05) is 0 Å². The van der Waals surface area contributed by atoms with Crippen LogP contribution in [0, 0.1) is 25.6 Å². The number of fused-ring (bicyclic) bond motifs is 1. The fraction of sp³-hybridized carbons (Fsp3) is 0.227. The molecule has 4 rings (SSSR count). The smallest absolute Gasteiger partial charge is 0.419 e. The molecule has 1 aromatic carbocycles. The first-order valence-electron chi connectivity index (χ1n) is 10.1. The van der Waals surface area contributed by atoms with Gasteiger partial charge in [0.05, 0.1) is 17.7 Å². The van der Waals surface area contributed by atoms with Gasteiger partial charge in [0.1, 0.15) is 11.1 Å². The summed E-state index contributed by atoms with van der Waals surface area (Å²) in [5.74, 6) is -4.30. The highest BCUT2D eigenvalue weighted by Gasteiger charge is 2.36. The summed E-state index contributed by atoms with van der Waals surface area (Å²) < 4.78 is 75.5. The van der Waals surface area contributed by atoms with E-state index in [-0.39, 0.29) is 39.3 Å². The Labute approximate surface area is 202 Å². The highest BCUT2D eigenvalue weighted by molar-refractivity contribution is 7.07. The molecule has 0 aliphatic heterocycles. The van der Waals surface area contributed by atoms with Crippen LogP contribution in [0.4, 0.5) is 22.0 Å². The molecule has 0 fully saturated rings. The summed E-state index contributed by atoms with van der Waals surface area (Å²) in [5, 5.41) is 1.30. The lowest BCUT2D eigenvalue weighted by Gasteiger charge is -2.11. The summed E-state index contributed by atoms with van der Waals surface area (Å²) in [7, 11) is 6.31. The van der Waals surface area contributed by atoms with Crippen molar-refractivity contribution in [1.82, 2.24) is 13.7 Å². The summed E-state index contributed by atoms with van der Waals surface area (Å²) in [5.41, 5.74) is -3.40. The Morgan fingerprint density at radius 3 is 2.44 bits per heavy atom. The molecule has 0 saturated carbocycles. The van der Waals surface area contributed by atoms with Crippen molar-refractivity contribution in [2.75, 3.05) is 0 Å². The second-order valence-corrected chi connectivity index (χ2v) is 8.66. The van der Waals surface area contributed by atoms with Crippen LogP contribution in [0.2, 0.25) is 0 Å². The number of aromatic nitrogens is 3. The predicted molar refractivity (Wildman–Crippen MR) is 119 cm³/mol. The fourth-order valence-corrected chi connectivity index (χ4v) is 4.55. The normalized spacial score (nSPS) is 12.6. The molecule has 0 spiro atoms. The van der Waals surface area contributed by atoms with Gasteiger partial charge in [-0.05, 0) is 19.1 Å². The van der Waals surface area contributed by atoms with Gasteiger partial charge in [0.15, 0.2) is 16.4 Å². The second kappa shape index (κ2) is 8.69. The van der Waals surface area contributed by atoms with Crippen molar-refractivity contribution in [2.45, 2.75) is 19.5 Å². The summed E-state index contributed by atoms with van der Waals surface area (Å²) in [6.45, 7) is 1.51. The van der Waals surface area contributed by atoms with Crippen LogP contribution >= 0.6 is 11.3 Å². The Morgan fingerprint density at radius 1 is 1.14 bits per heavy atom. The lowest BCUT2D eigenvalue weighted by Crippen LogP contribution is -2.36. The van der Waals surface area contributed by atoms with Crippen LogP contribution in [0.1, 0.15) is 16.9 Å². The fourth-order valence-electron chi connectivity index (χ4n) is 3.70. The first-order chi connectivity index (χ1) is 16.7. The molecule has 4 aromatic rings. The number of benzene rings is 1. The average molecular weight is 527 g/mol. The minimum absolute atomic E-state index is 0.00571. The Bertz CT molecular complexity index is 1740. The van der Waals surface area contributed by atoms with E-state index in [1.54, 1.807) is 0 Å². The number of amides is 1. The lowest BCUT2D eigenvalue weighted by molar-refractivity contribution is -0.140. The van der Waals surface area contributed by atoms with E-state index in [1.165, 1.54) is 26.4 Å². The number of rotatable bonds is 3. The molecule has 0 N–H and O–H groups in total. The van der Waals surface area contributed by atoms with Crippen LogP contribution in [-0.4, -0.2) is 19.6 Å². The average Bonchev–Trinajstić information content (AvgIpc) is 3.31. The van der Waals surface area contributed by atoms with Gasteiger partial charge in [-0.3, -0.25) is 18.7 Å². The molecule has 3 heterocycles. The number of thiazole rings is 1. The van der Waals surface area contributed by atoms with Crippen molar-refractivity contribution in [3.05, 3.63) is 78.7 Å². The monoisotopic (exact) mass is 527 g/mol. The molecule has 14 heteroatoms. The van der Waals surface area contributed by atoms with E-state index in [0.29, 0.717) is 6.07 Å². The van der Waals surface area contributed by atoms with Gasteiger partial charge >= 0.3 is 11.9 Å². The molecule has 0 aliphatic carbocycles.